The van der Waals surface area contributed by atoms with E-state index in [0.29, 0.717) is 23.3 Å². The van der Waals surface area contributed by atoms with Crippen molar-refractivity contribution in [3.63, 3.8) is 0 Å². The summed E-state index contributed by atoms with van der Waals surface area (Å²) in [7, 11) is 6.82. The SMILES string of the molecule is COc1ncc(-c2ccc3ncc4c(c3n2)n(C2CCN(CC(=O)N(C)C)CC2)c(=O)n4C)cn1. The zero-order valence-corrected chi connectivity index (χ0v) is 20.3. The van der Waals surface area contributed by atoms with Crippen molar-refractivity contribution in [1.29, 1.82) is 0 Å². The third kappa shape index (κ3) is 4.12. The van der Waals surface area contributed by atoms with Gasteiger partial charge in [0.1, 0.15) is 5.52 Å². The van der Waals surface area contributed by atoms with Crippen LogP contribution in [0.2, 0.25) is 0 Å². The van der Waals surface area contributed by atoms with Gasteiger partial charge in [-0.25, -0.2) is 19.7 Å². The van der Waals surface area contributed by atoms with Crippen LogP contribution in [0.25, 0.3) is 33.3 Å². The number of aromatic nitrogens is 6. The van der Waals surface area contributed by atoms with Gasteiger partial charge in [0, 0.05) is 58.2 Å². The number of hydrogen-bond acceptors (Lipinski definition) is 8. The number of piperidine rings is 1. The van der Waals surface area contributed by atoms with Crippen LogP contribution in [0.5, 0.6) is 6.01 Å². The van der Waals surface area contributed by atoms with Gasteiger partial charge in [-0.15, -0.1) is 0 Å². The molecule has 0 bridgehead atoms. The smallest absolute Gasteiger partial charge is 0.329 e. The van der Waals surface area contributed by atoms with E-state index in [1.165, 1.54) is 7.11 Å². The van der Waals surface area contributed by atoms with Gasteiger partial charge < -0.3 is 9.64 Å². The number of rotatable bonds is 5. The maximum atomic E-state index is 13.4. The van der Waals surface area contributed by atoms with Crippen LogP contribution in [0, 0.1) is 0 Å². The van der Waals surface area contributed by atoms with Crippen LogP contribution >= 0.6 is 0 Å². The molecule has 1 aliphatic heterocycles. The lowest BCUT2D eigenvalue weighted by Crippen LogP contribution is -2.42. The second-order valence-electron chi connectivity index (χ2n) is 9.02. The molecule has 11 nitrogen and oxygen atoms in total. The molecule has 11 heteroatoms. The third-order valence-corrected chi connectivity index (χ3v) is 6.65. The van der Waals surface area contributed by atoms with Crippen molar-refractivity contribution in [2.75, 3.05) is 40.8 Å². The van der Waals surface area contributed by atoms with E-state index in [1.54, 1.807) is 49.2 Å². The van der Waals surface area contributed by atoms with Crippen molar-refractivity contribution in [3.8, 4) is 17.3 Å². The van der Waals surface area contributed by atoms with Crippen molar-refractivity contribution < 1.29 is 9.53 Å². The number of methoxy groups -OCH3 is 1. The number of carbonyl (C=O) groups excluding carboxylic acids is 1. The molecule has 4 aromatic heterocycles. The fraction of sp³-hybridized carbons (Fsp3) is 0.417. The number of pyridine rings is 2. The minimum absolute atomic E-state index is 0.0114. The number of imidazole rings is 1. The highest BCUT2D eigenvalue weighted by Crippen LogP contribution is 2.30. The van der Waals surface area contributed by atoms with Crippen LogP contribution in [0.15, 0.2) is 35.5 Å². The zero-order valence-electron chi connectivity index (χ0n) is 20.3. The normalized spacial score (nSPS) is 15.1. The predicted molar refractivity (Wildman–Crippen MR) is 131 cm³/mol. The van der Waals surface area contributed by atoms with Crippen LogP contribution in [-0.2, 0) is 11.8 Å². The van der Waals surface area contributed by atoms with Gasteiger partial charge in [-0.05, 0) is 25.0 Å². The summed E-state index contributed by atoms with van der Waals surface area (Å²) in [5.74, 6) is 0.0853. The molecule has 1 amide bonds. The Hall–Kier alpha value is -3.86. The average molecular weight is 477 g/mol. The summed E-state index contributed by atoms with van der Waals surface area (Å²) < 4.78 is 8.55. The Morgan fingerprint density at radius 3 is 2.49 bits per heavy atom. The highest BCUT2D eigenvalue weighted by Gasteiger charge is 2.27. The molecule has 182 valence electrons. The van der Waals surface area contributed by atoms with E-state index in [0.717, 1.165) is 42.5 Å². The molecule has 35 heavy (non-hydrogen) atoms. The molecule has 5 heterocycles. The van der Waals surface area contributed by atoms with Crippen molar-refractivity contribution in [3.05, 3.63) is 41.2 Å². The number of likely N-dealkylation sites (N-methyl/N-ethyl adjacent to an activating group) is 1. The Labute approximate surface area is 202 Å². The summed E-state index contributed by atoms with van der Waals surface area (Å²) in [4.78, 5) is 47.1. The lowest BCUT2D eigenvalue weighted by Gasteiger charge is -2.32. The molecule has 0 spiro atoms. The molecule has 4 aromatic rings. The number of hydrogen-bond donors (Lipinski definition) is 0. The first-order valence-corrected chi connectivity index (χ1v) is 11.5. The fourth-order valence-electron chi connectivity index (χ4n) is 4.61. The van der Waals surface area contributed by atoms with Gasteiger partial charge in [0.05, 0.1) is 42.1 Å². The number of fused-ring (bicyclic) bond motifs is 3. The van der Waals surface area contributed by atoms with Gasteiger partial charge in [0.15, 0.2) is 0 Å². The number of nitrogens with zero attached hydrogens (tertiary/aromatic N) is 8. The third-order valence-electron chi connectivity index (χ3n) is 6.65. The molecule has 1 saturated heterocycles. The topological polar surface area (TPSA) is 111 Å². The summed E-state index contributed by atoms with van der Waals surface area (Å²) in [5, 5.41) is 0. The quantitative estimate of drug-likeness (QED) is 0.426. The fourth-order valence-corrected chi connectivity index (χ4v) is 4.61. The minimum atomic E-state index is -0.0860. The molecule has 1 aliphatic rings. The second-order valence-corrected chi connectivity index (χ2v) is 9.02. The van der Waals surface area contributed by atoms with Gasteiger partial charge in [-0.2, -0.15) is 0 Å². The molecule has 0 N–H and O–H groups in total. The lowest BCUT2D eigenvalue weighted by atomic mass is 10.0. The molecular weight excluding hydrogens is 448 g/mol. The number of amides is 1. The van der Waals surface area contributed by atoms with Gasteiger partial charge in [-0.1, -0.05) is 0 Å². The average Bonchev–Trinajstić information content (AvgIpc) is 3.14. The van der Waals surface area contributed by atoms with E-state index < -0.39 is 0 Å². The molecule has 0 saturated carbocycles. The Bertz CT molecular complexity index is 1450. The Morgan fingerprint density at radius 1 is 1.11 bits per heavy atom. The first-order valence-electron chi connectivity index (χ1n) is 11.5. The molecular formula is C24H28N8O3. The molecule has 0 aromatic carbocycles. The summed E-state index contributed by atoms with van der Waals surface area (Å²) in [6, 6.07) is 4.07. The molecule has 0 aliphatic carbocycles. The van der Waals surface area contributed by atoms with Gasteiger partial charge in [0.25, 0.3) is 0 Å². The number of likely N-dealkylation sites (tertiary alicyclic amines) is 1. The Kier molecular flexibility index (Phi) is 5.93. The maximum absolute atomic E-state index is 13.4. The largest absolute Gasteiger partial charge is 0.467 e. The zero-order chi connectivity index (χ0) is 24.7. The van der Waals surface area contributed by atoms with Gasteiger partial charge in [0.2, 0.25) is 5.91 Å². The molecule has 0 unspecified atom stereocenters. The first-order chi connectivity index (χ1) is 16.9. The highest BCUT2D eigenvalue weighted by atomic mass is 16.5. The molecule has 0 radical (unpaired) electrons. The van der Waals surface area contributed by atoms with Gasteiger partial charge >= 0.3 is 11.7 Å². The number of ether oxygens (including phenoxy) is 1. The van der Waals surface area contributed by atoms with Gasteiger partial charge in [-0.3, -0.25) is 23.8 Å². The Morgan fingerprint density at radius 2 is 1.83 bits per heavy atom. The summed E-state index contributed by atoms with van der Waals surface area (Å²) in [5.41, 5.74) is 4.24. The van der Waals surface area contributed by atoms with Crippen LogP contribution in [-0.4, -0.2) is 85.6 Å². The standard InChI is InChI=1S/C24H28N8O3/c1-29(2)20(33)14-31-9-7-16(8-10-31)32-22-19(30(3)24(32)34)13-25-18-6-5-17(28-21(18)22)15-11-26-23(35-4)27-12-15/h5-6,11-13,16H,7-10,14H2,1-4H3. The van der Waals surface area contributed by atoms with Crippen LogP contribution in [0.1, 0.15) is 18.9 Å². The first kappa shape index (κ1) is 22.9. The lowest BCUT2D eigenvalue weighted by molar-refractivity contribution is -0.130. The van der Waals surface area contributed by atoms with Crippen LogP contribution < -0.4 is 10.4 Å². The molecule has 5 rings (SSSR count). The molecule has 1 fully saturated rings. The van der Waals surface area contributed by atoms with Crippen LogP contribution in [0.4, 0.5) is 0 Å². The summed E-state index contributed by atoms with van der Waals surface area (Å²) >= 11 is 0. The predicted octanol–water partition coefficient (Wildman–Crippen LogP) is 1.47. The van der Waals surface area contributed by atoms with Crippen molar-refractivity contribution in [2.24, 2.45) is 7.05 Å². The number of aryl methyl sites for hydroxylation is 1. The monoisotopic (exact) mass is 476 g/mol. The van der Waals surface area contributed by atoms with E-state index in [-0.39, 0.29) is 23.6 Å². The maximum Gasteiger partial charge on any atom is 0.329 e. The Balaban J connectivity index is 1.55. The summed E-state index contributed by atoms with van der Waals surface area (Å²) in [6.07, 6.45) is 6.61. The minimum Gasteiger partial charge on any atom is -0.467 e. The second kappa shape index (κ2) is 9.06. The van der Waals surface area contributed by atoms with E-state index in [2.05, 4.69) is 19.9 Å². The summed E-state index contributed by atoms with van der Waals surface area (Å²) in [6.45, 7) is 1.89. The van der Waals surface area contributed by atoms with E-state index in [1.807, 2.05) is 16.7 Å². The van der Waals surface area contributed by atoms with E-state index in [9.17, 15) is 9.59 Å². The number of carbonyl (C=O) groups is 1. The van der Waals surface area contributed by atoms with Crippen molar-refractivity contribution in [2.45, 2.75) is 18.9 Å². The highest BCUT2D eigenvalue weighted by molar-refractivity contribution is 6.00. The molecule has 0 atom stereocenters. The van der Waals surface area contributed by atoms with Crippen LogP contribution in [0.3, 0.4) is 0 Å². The van der Waals surface area contributed by atoms with Crippen molar-refractivity contribution in [1.82, 2.24) is 38.9 Å². The van der Waals surface area contributed by atoms with E-state index in [4.69, 9.17) is 9.72 Å². The van der Waals surface area contributed by atoms with E-state index >= 15 is 0 Å². The van der Waals surface area contributed by atoms with Crippen molar-refractivity contribution >= 4 is 28.0 Å².